The molecule has 0 atom stereocenters. The summed E-state index contributed by atoms with van der Waals surface area (Å²) in [5.41, 5.74) is 1.06. The topological polar surface area (TPSA) is 118 Å². The predicted molar refractivity (Wildman–Crippen MR) is 100 cm³/mol. The van der Waals surface area contributed by atoms with E-state index in [1.165, 1.54) is 0 Å². The molecule has 0 spiro atoms. The molecule has 4 aromatic rings. The fourth-order valence-corrected chi connectivity index (χ4v) is 3.70. The maximum Gasteiger partial charge on any atom is 0.327 e. The van der Waals surface area contributed by atoms with Crippen LogP contribution in [0.25, 0.3) is 0 Å². The molecule has 7 nitrogen and oxygen atoms in total. The normalized spacial score (nSPS) is 11.3. The molecule has 0 unspecified atom stereocenters. The molecule has 2 N–H and O–H groups in total. The molecule has 2 heterocycles. The lowest BCUT2D eigenvalue weighted by atomic mass is 10.1. The molecular weight excluding hydrogens is 418 g/mol. The summed E-state index contributed by atoms with van der Waals surface area (Å²) in [7, 11) is -4.56. The van der Waals surface area contributed by atoms with Gasteiger partial charge in [0.1, 0.15) is 11.4 Å². The van der Waals surface area contributed by atoms with E-state index in [-0.39, 0.29) is 29.7 Å². The first-order chi connectivity index (χ1) is 13.9. The number of halogens is 2. The summed E-state index contributed by atoms with van der Waals surface area (Å²) >= 11 is 0. The third-order valence-electron chi connectivity index (χ3n) is 4.15. The van der Waals surface area contributed by atoms with Crippen molar-refractivity contribution in [2.75, 3.05) is 0 Å². The molecule has 156 valence electrons. The Kier molecular flexibility index (Phi) is 6.09. The number of nitrogens with zero attached hydrogens (tertiary/aromatic N) is 2. The highest BCUT2D eigenvalue weighted by molar-refractivity contribution is 7.91. The van der Waals surface area contributed by atoms with E-state index in [9.17, 15) is 17.2 Å². The Morgan fingerprint density at radius 3 is 1.43 bits per heavy atom. The highest BCUT2D eigenvalue weighted by atomic mass is 32.2. The highest BCUT2D eigenvalue weighted by Crippen LogP contribution is 2.25. The maximum atomic E-state index is 14.1. The van der Waals surface area contributed by atoms with Crippen LogP contribution in [0.3, 0.4) is 0 Å². The molecule has 0 fully saturated rings. The van der Waals surface area contributed by atoms with E-state index in [1.54, 1.807) is 60.7 Å². The first-order valence-electron chi connectivity index (χ1n) is 8.57. The molecular formula is C20H16F2N2O5S. The molecule has 0 saturated heterocycles. The summed E-state index contributed by atoms with van der Waals surface area (Å²) in [5, 5.41) is -1.87. The standard InChI is InChI=1S/C20H14F2N2O4S.H2O/c21-17-15(11-13-7-3-1-4-8-13)23-19(27-17)29(25,26)20-24-16(18(22)28-20)12-14-9-5-2-6-10-14;/h1-10H,11-12H2;1H2. The Bertz CT molecular complexity index is 1150. The average Bonchev–Trinajstić information content (AvgIpc) is 3.27. The molecule has 0 saturated carbocycles. The molecule has 0 bridgehead atoms. The summed E-state index contributed by atoms with van der Waals surface area (Å²) < 4.78 is 62.8. The molecule has 2 aromatic carbocycles. The molecule has 4 rings (SSSR count). The summed E-state index contributed by atoms with van der Waals surface area (Å²) in [6, 6.07) is 15.3. The number of benzene rings is 2. The van der Waals surface area contributed by atoms with E-state index < -0.39 is 32.3 Å². The van der Waals surface area contributed by atoms with Gasteiger partial charge in [-0.3, -0.25) is 0 Å². The van der Waals surface area contributed by atoms with E-state index in [2.05, 4.69) is 18.8 Å². The van der Waals surface area contributed by atoms with Crippen LogP contribution >= 0.6 is 0 Å². The van der Waals surface area contributed by atoms with E-state index in [0.29, 0.717) is 0 Å². The Labute approximate surface area is 170 Å². The van der Waals surface area contributed by atoms with E-state index >= 15 is 0 Å². The summed E-state index contributed by atoms with van der Waals surface area (Å²) in [5.74, 6) is 0. The Morgan fingerprint density at radius 2 is 1.07 bits per heavy atom. The van der Waals surface area contributed by atoms with Gasteiger partial charge in [-0.1, -0.05) is 60.7 Å². The van der Waals surface area contributed by atoms with Crippen molar-refractivity contribution in [1.82, 2.24) is 9.97 Å². The smallest absolute Gasteiger partial charge is 0.327 e. The van der Waals surface area contributed by atoms with Crippen LogP contribution in [0.15, 0.2) is 79.9 Å². The fourth-order valence-electron chi connectivity index (χ4n) is 2.73. The zero-order valence-corrected chi connectivity index (χ0v) is 16.2. The van der Waals surface area contributed by atoms with Gasteiger partial charge in [0.05, 0.1) is 0 Å². The highest BCUT2D eigenvalue weighted by Gasteiger charge is 2.33. The number of sulfone groups is 1. The van der Waals surface area contributed by atoms with Gasteiger partial charge in [0.2, 0.25) is 0 Å². The minimum atomic E-state index is -4.56. The van der Waals surface area contributed by atoms with Crippen molar-refractivity contribution in [2.45, 2.75) is 23.3 Å². The second kappa shape index (κ2) is 8.56. The van der Waals surface area contributed by atoms with Crippen molar-refractivity contribution >= 4 is 9.84 Å². The van der Waals surface area contributed by atoms with Crippen LogP contribution in [0, 0.1) is 12.0 Å². The fraction of sp³-hybridized carbons (Fsp3) is 0.100. The van der Waals surface area contributed by atoms with Crippen molar-refractivity contribution in [3.05, 3.63) is 95.2 Å². The van der Waals surface area contributed by atoms with Crippen LogP contribution in [-0.4, -0.2) is 23.9 Å². The molecule has 0 aliphatic heterocycles. The number of rotatable bonds is 6. The number of hydrogen-bond donors (Lipinski definition) is 0. The van der Waals surface area contributed by atoms with Crippen LogP contribution in [-0.2, 0) is 22.7 Å². The number of aromatic nitrogens is 2. The van der Waals surface area contributed by atoms with Gasteiger partial charge in [0.15, 0.2) is 0 Å². The Balaban J connectivity index is 0.00000256. The SMILES string of the molecule is O.O=S(=O)(c1nc(Cc2ccccc2)c(F)o1)c1nc(Cc2ccccc2)c(F)o1. The lowest BCUT2D eigenvalue weighted by Crippen LogP contribution is -2.04. The Hall–Kier alpha value is -3.37. The lowest BCUT2D eigenvalue weighted by molar-refractivity contribution is 0.280. The summed E-state index contributed by atoms with van der Waals surface area (Å²) in [4.78, 5) is 7.45. The van der Waals surface area contributed by atoms with Crippen LogP contribution in [0.4, 0.5) is 8.78 Å². The van der Waals surface area contributed by atoms with Gasteiger partial charge in [0.25, 0.3) is 0 Å². The van der Waals surface area contributed by atoms with Gasteiger partial charge in [-0.15, -0.1) is 0 Å². The molecule has 2 aromatic heterocycles. The zero-order chi connectivity index (χ0) is 20.4. The van der Waals surface area contributed by atoms with Gasteiger partial charge in [-0.2, -0.15) is 8.78 Å². The molecule has 0 amide bonds. The van der Waals surface area contributed by atoms with Crippen molar-refractivity contribution < 1.29 is 31.5 Å². The zero-order valence-electron chi connectivity index (χ0n) is 15.4. The molecule has 0 aliphatic carbocycles. The van der Waals surface area contributed by atoms with Gasteiger partial charge in [-0.05, 0) is 11.1 Å². The van der Waals surface area contributed by atoms with Crippen molar-refractivity contribution in [2.24, 2.45) is 0 Å². The van der Waals surface area contributed by atoms with Crippen LogP contribution in [0.1, 0.15) is 22.5 Å². The van der Waals surface area contributed by atoms with Gasteiger partial charge >= 0.3 is 32.3 Å². The molecule has 0 radical (unpaired) electrons. The Morgan fingerprint density at radius 1 is 0.700 bits per heavy atom. The van der Waals surface area contributed by atoms with Gasteiger partial charge in [-0.25, -0.2) is 18.4 Å². The van der Waals surface area contributed by atoms with E-state index in [4.69, 9.17) is 0 Å². The van der Waals surface area contributed by atoms with Crippen molar-refractivity contribution in [1.29, 1.82) is 0 Å². The first-order valence-corrected chi connectivity index (χ1v) is 10.0. The number of hydrogen-bond acceptors (Lipinski definition) is 6. The predicted octanol–water partition coefficient (Wildman–Crippen LogP) is 3.13. The second-order valence-corrected chi connectivity index (χ2v) is 7.93. The largest absolute Gasteiger partial charge is 0.412 e. The minimum absolute atomic E-state index is 0. The van der Waals surface area contributed by atoms with Crippen LogP contribution < -0.4 is 0 Å². The van der Waals surface area contributed by atoms with E-state index in [1.807, 2.05) is 0 Å². The molecule has 30 heavy (non-hydrogen) atoms. The van der Waals surface area contributed by atoms with Crippen molar-refractivity contribution in [3.63, 3.8) is 0 Å². The molecule has 0 aliphatic rings. The second-order valence-electron chi connectivity index (χ2n) is 6.23. The third-order valence-corrected chi connectivity index (χ3v) is 5.42. The van der Waals surface area contributed by atoms with Crippen LogP contribution in [0.5, 0.6) is 0 Å². The average molecular weight is 434 g/mol. The first kappa shape index (κ1) is 21.3. The van der Waals surface area contributed by atoms with Crippen LogP contribution in [0.2, 0.25) is 0 Å². The lowest BCUT2D eigenvalue weighted by Gasteiger charge is -1.96. The minimum Gasteiger partial charge on any atom is -0.412 e. The van der Waals surface area contributed by atoms with Gasteiger partial charge in [0, 0.05) is 12.8 Å². The van der Waals surface area contributed by atoms with Gasteiger partial charge < -0.3 is 14.3 Å². The molecule has 10 heteroatoms. The van der Waals surface area contributed by atoms with Crippen molar-refractivity contribution in [3.8, 4) is 0 Å². The quantitative estimate of drug-likeness (QED) is 0.460. The summed E-state index contributed by atoms with van der Waals surface area (Å²) in [6.45, 7) is 0. The maximum absolute atomic E-state index is 14.1. The summed E-state index contributed by atoms with van der Waals surface area (Å²) in [6.07, 6.45) is 0.0653. The third kappa shape index (κ3) is 4.29. The monoisotopic (exact) mass is 434 g/mol. The number of oxazole rings is 2. The van der Waals surface area contributed by atoms with E-state index in [0.717, 1.165) is 11.1 Å².